The fraction of sp³-hybridized carbons (Fsp3) is 0.188. The van der Waals surface area contributed by atoms with Gasteiger partial charge in [0.1, 0.15) is 11.8 Å². The van der Waals surface area contributed by atoms with Gasteiger partial charge in [0.2, 0.25) is 5.82 Å². The van der Waals surface area contributed by atoms with Crippen LogP contribution in [0.1, 0.15) is 6.92 Å². The summed E-state index contributed by atoms with van der Waals surface area (Å²) in [5.74, 6) is -12.0. The molecule has 2 atom stereocenters. The molecule has 0 heterocycles. The van der Waals surface area contributed by atoms with Crippen molar-refractivity contribution in [3.05, 3.63) is 59.4 Å². The lowest BCUT2D eigenvalue weighted by Gasteiger charge is -2.22. The van der Waals surface area contributed by atoms with Gasteiger partial charge in [-0.05, 0) is 19.1 Å². The van der Waals surface area contributed by atoms with E-state index in [4.69, 9.17) is 4.52 Å². The van der Waals surface area contributed by atoms with Crippen LogP contribution in [0.25, 0.3) is 0 Å². The fourth-order valence-electron chi connectivity index (χ4n) is 1.94. The van der Waals surface area contributed by atoms with Gasteiger partial charge in [-0.2, -0.15) is 0 Å². The highest BCUT2D eigenvalue weighted by Gasteiger charge is 2.37. The van der Waals surface area contributed by atoms with Crippen LogP contribution >= 0.6 is 18.1 Å². The molecular formula is C16H13F5NO4PS. The van der Waals surface area contributed by atoms with Crippen molar-refractivity contribution in [3.8, 4) is 5.75 Å². The number of esters is 1. The number of hydrogen-bond acceptors (Lipinski definition) is 5. The van der Waals surface area contributed by atoms with Gasteiger partial charge < -0.3 is 9.26 Å². The summed E-state index contributed by atoms with van der Waals surface area (Å²) in [7, 11) is 1.04. The first-order valence-corrected chi connectivity index (χ1v) is 10.6. The molecule has 2 aromatic carbocycles. The van der Waals surface area contributed by atoms with E-state index in [9.17, 15) is 31.3 Å². The molecule has 0 spiro atoms. The molecule has 2 rings (SSSR count). The monoisotopic (exact) mass is 441 g/mol. The number of nitrogens with one attached hydrogen (secondary N) is 1. The Morgan fingerprint density at radius 3 is 2.00 bits per heavy atom. The standard InChI is InChI=1S/C16H13F5NO4PS/c1-8(16(23)25-2)22-27(24,26-9-6-4-3-5-7-9)28-15-13(20)11(18)10(17)12(19)14(15)21/h3-8H,1-2H3,(H,22,24)/t8-,27+/m0/s1. The van der Waals surface area contributed by atoms with Crippen LogP contribution in [0.15, 0.2) is 35.2 Å². The third-order valence-electron chi connectivity index (χ3n) is 3.26. The molecule has 0 unspecified atom stereocenters. The molecule has 0 bridgehead atoms. The lowest BCUT2D eigenvalue weighted by molar-refractivity contribution is -0.142. The number of ether oxygens (including phenoxy) is 1. The minimum atomic E-state index is -4.46. The van der Waals surface area contributed by atoms with E-state index < -0.39 is 52.7 Å². The van der Waals surface area contributed by atoms with E-state index in [1.54, 1.807) is 6.07 Å². The van der Waals surface area contributed by atoms with Crippen LogP contribution in [-0.4, -0.2) is 19.1 Å². The Morgan fingerprint density at radius 1 is 1.00 bits per heavy atom. The highest BCUT2D eigenvalue weighted by molar-refractivity contribution is 8.56. The first kappa shape index (κ1) is 22.2. The van der Waals surface area contributed by atoms with Crippen LogP contribution in [0.3, 0.4) is 0 Å². The zero-order valence-corrected chi connectivity index (χ0v) is 16.1. The molecule has 1 N–H and O–H groups in total. The molecule has 0 aromatic heterocycles. The van der Waals surface area contributed by atoms with Gasteiger partial charge in [-0.3, -0.25) is 4.79 Å². The predicted octanol–water partition coefficient (Wildman–Crippen LogP) is 4.81. The van der Waals surface area contributed by atoms with E-state index in [1.165, 1.54) is 31.2 Å². The van der Waals surface area contributed by atoms with Crippen molar-refractivity contribution in [1.82, 2.24) is 5.09 Å². The second-order valence-electron chi connectivity index (χ2n) is 5.27. The zero-order chi connectivity index (χ0) is 21.1. The van der Waals surface area contributed by atoms with Crippen molar-refractivity contribution < 1.29 is 40.6 Å². The largest absolute Gasteiger partial charge is 0.468 e. The van der Waals surface area contributed by atoms with Crippen LogP contribution in [0.5, 0.6) is 5.75 Å². The van der Waals surface area contributed by atoms with Crippen LogP contribution in [-0.2, 0) is 14.1 Å². The summed E-state index contributed by atoms with van der Waals surface area (Å²) in [6.45, 7) is -3.25. The molecule has 0 saturated heterocycles. The van der Waals surface area contributed by atoms with Gasteiger partial charge in [-0.25, -0.2) is 31.6 Å². The van der Waals surface area contributed by atoms with E-state index in [-0.39, 0.29) is 17.1 Å². The van der Waals surface area contributed by atoms with Crippen LogP contribution in [0, 0.1) is 29.1 Å². The van der Waals surface area contributed by atoms with Crippen LogP contribution < -0.4 is 9.61 Å². The minimum absolute atomic E-state index is 0.0354. The Kier molecular flexibility index (Phi) is 7.08. The molecule has 0 aliphatic rings. The minimum Gasteiger partial charge on any atom is -0.468 e. The Hall–Kier alpha value is -2.10. The molecule has 2 aromatic rings. The Bertz CT molecular complexity index is 902. The van der Waals surface area contributed by atoms with Crippen molar-refractivity contribution in [3.63, 3.8) is 0 Å². The van der Waals surface area contributed by atoms with Crippen molar-refractivity contribution >= 4 is 24.1 Å². The molecule has 0 fully saturated rings. The number of carbonyl (C=O) groups is 1. The number of rotatable bonds is 7. The highest BCUT2D eigenvalue weighted by Crippen LogP contribution is 2.60. The van der Waals surface area contributed by atoms with E-state index in [0.29, 0.717) is 0 Å². The van der Waals surface area contributed by atoms with Crippen molar-refractivity contribution in [2.75, 3.05) is 7.11 Å². The average molecular weight is 441 g/mol. The summed E-state index contributed by atoms with van der Waals surface area (Å²) in [6, 6.07) is 5.98. The number of carbonyl (C=O) groups excluding carboxylic acids is 1. The summed E-state index contributed by atoms with van der Waals surface area (Å²) < 4.78 is 90.9. The third-order valence-corrected chi connectivity index (χ3v) is 7.00. The maximum absolute atomic E-state index is 14.0. The fourth-order valence-corrected chi connectivity index (χ4v) is 5.85. The SMILES string of the molecule is COC(=O)[C@H](C)N[P@@](=O)(Oc1ccccc1)Sc1c(F)c(F)c(F)c(F)c1F. The number of para-hydroxylation sites is 1. The van der Waals surface area contributed by atoms with Crippen molar-refractivity contribution in [1.29, 1.82) is 0 Å². The molecule has 0 aliphatic carbocycles. The first-order chi connectivity index (χ1) is 13.1. The first-order valence-electron chi connectivity index (χ1n) is 7.51. The quantitative estimate of drug-likeness (QED) is 0.219. The van der Waals surface area contributed by atoms with Crippen LogP contribution in [0.2, 0.25) is 0 Å². The summed E-state index contributed by atoms with van der Waals surface area (Å²) in [4.78, 5) is 10.2. The van der Waals surface area contributed by atoms with Gasteiger partial charge in [0.25, 0.3) is 0 Å². The normalized spacial score (nSPS) is 14.2. The van der Waals surface area contributed by atoms with E-state index >= 15 is 0 Å². The Labute approximate surface area is 160 Å². The van der Waals surface area contributed by atoms with Crippen molar-refractivity contribution in [2.45, 2.75) is 17.9 Å². The molecule has 0 amide bonds. The van der Waals surface area contributed by atoms with Gasteiger partial charge in [-0.15, -0.1) is 0 Å². The number of halogens is 5. The molecule has 5 nitrogen and oxygen atoms in total. The Balaban J connectivity index is 2.48. The lowest BCUT2D eigenvalue weighted by atomic mass is 10.3. The molecular weight excluding hydrogens is 428 g/mol. The smallest absolute Gasteiger partial charge is 0.379 e. The zero-order valence-electron chi connectivity index (χ0n) is 14.3. The van der Waals surface area contributed by atoms with Gasteiger partial charge in [0, 0.05) is 11.4 Å². The highest BCUT2D eigenvalue weighted by atomic mass is 32.7. The summed E-state index contributed by atoms with van der Waals surface area (Å²) >= 11 is -0.250. The summed E-state index contributed by atoms with van der Waals surface area (Å²) in [5.41, 5.74) is 0. The summed E-state index contributed by atoms with van der Waals surface area (Å²) in [5, 5.41) is 2.20. The third kappa shape index (κ3) is 4.84. The maximum Gasteiger partial charge on any atom is 0.379 e. The van der Waals surface area contributed by atoms with E-state index in [1.807, 2.05) is 0 Å². The lowest BCUT2D eigenvalue weighted by Crippen LogP contribution is -2.33. The van der Waals surface area contributed by atoms with E-state index in [2.05, 4.69) is 9.82 Å². The Morgan fingerprint density at radius 2 is 1.50 bits per heavy atom. The second-order valence-corrected chi connectivity index (χ2v) is 9.28. The molecule has 12 heteroatoms. The second kappa shape index (κ2) is 8.93. The molecule has 152 valence electrons. The average Bonchev–Trinajstić information content (AvgIpc) is 2.68. The molecule has 0 radical (unpaired) electrons. The molecule has 28 heavy (non-hydrogen) atoms. The number of methoxy groups -OCH3 is 1. The van der Waals surface area contributed by atoms with Gasteiger partial charge in [0.05, 0.1) is 12.0 Å². The van der Waals surface area contributed by atoms with Gasteiger partial charge in [-0.1, -0.05) is 18.2 Å². The predicted molar refractivity (Wildman–Crippen MR) is 91.4 cm³/mol. The van der Waals surface area contributed by atoms with E-state index in [0.717, 1.165) is 7.11 Å². The number of benzene rings is 2. The summed E-state index contributed by atoms with van der Waals surface area (Å²) in [6.07, 6.45) is 0. The molecule has 0 saturated carbocycles. The van der Waals surface area contributed by atoms with Gasteiger partial charge in [0.15, 0.2) is 23.3 Å². The van der Waals surface area contributed by atoms with Gasteiger partial charge >= 0.3 is 12.7 Å². The number of hydrogen-bond donors (Lipinski definition) is 1. The topological polar surface area (TPSA) is 64.6 Å². The molecule has 0 aliphatic heterocycles. The van der Waals surface area contributed by atoms with Crippen molar-refractivity contribution in [2.24, 2.45) is 0 Å². The van der Waals surface area contributed by atoms with Crippen LogP contribution in [0.4, 0.5) is 22.0 Å². The maximum atomic E-state index is 14.0.